The highest BCUT2D eigenvalue weighted by Crippen LogP contribution is 2.39. The lowest BCUT2D eigenvalue weighted by Gasteiger charge is -2.35. The lowest BCUT2D eigenvalue weighted by Crippen LogP contribution is -2.47. The zero-order valence-corrected chi connectivity index (χ0v) is 28.8. The number of fused-ring (bicyclic) bond motifs is 12. The molecule has 2 fully saturated rings. The van der Waals surface area contributed by atoms with Crippen molar-refractivity contribution in [1.29, 1.82) is 0 Å². The van der Waals surface area contributed by atoms with Crippen LogP contribution >= 0.6 is 0 Å². The van der Waals surface area contributed by atoms with Crippen molar-refractivity contribution < 1.29 is 37.0 Å². The summed E-state index contributed by atoms with van der Waals surface area (Å²) in [5.41, 5.74) is 2.34. The fourth-order valence-electron chi connectivity index (χ4n) is 7.42. The molecule has 9 rings (SSSR count). The van der Waals surface area contributed by atoms with Crippen molar-refractivity contribution in [2.45, 2.75) is 89.2 Å². The van der Waals surface area contributed by atoms with Crippen LogP contribution in [-0.2, 0) is 25.7 Å². The molecule has 0 radical (unpaired) electrons. The molecule has 14 heteroatoms. The van der Waals surface area contributed by atoms with E-state index in [9.17, 15) is 9.59 Å². The lowest BCUT2D eigenvalue weighted by atomic mass is 10.0. The first-order valence-corrected chi connectivity index (χ1v) is 17.5. The first kappa shape index (κ1) is 33.3. The summed E-state index contributed by atoms with van der Waals surface area (Å²) in [6.45, 7) is 5.99. The second kappa shape index (κ2) is 12.7. The van der Waals surface area contributed by atoms with Crippen LogP contribution in [0.4, 0.5) is 14.6 Å². The van der Waals surface area contributed by atoms with E-state index in [2.05, 4.69) is 0 Å². The van der Waals surface area contributed by atoms with Crippen molar-refractivity contribution in [3.05, 3.63) is 54.4 Å². The van der Waals surface area contributed by atoms with Gasteiger partial charge in [-0.25, -0.2) is 14.8 Å². The van der Waals surface area contributed by atoms with Crippen molar-refractivity contribution >= 4 is 50.8 Å². The van der Waals surface area contributed by atoms with Crippen LogP contribution < -0.4 is 9.64 Å². The van der Waals surface area contributed by atoms with E-state index in [1.807, 2.05) is 78.8 Å². The number of benzene rings is 2. The van der Waals surface area contributed by atoms with Gasteiger partial charge in [-0.15, -0.1) is 0 Å². The van der Waals surface area contributed by atoms with Crippen molar-refractivity contribution in [2.75, 3.05) is 31.1 Å². The number of rotatable bonds is 1. The van der Waals surface area contributed by atoms with E-state index in [1.165, 1.54) is 4.90 Å². The largest absolute Gasteiger partial charge is 0.459 e. The van der Waals surface area contributed by atoms with E-state index in [1.54, 1.807) is 0 Å². The van der Waals surface area contributed by atoms with Crippen LogP contribution in [0, 0.1) is 0 Å². The van der Waals surface area contributed by atoms with E-state index in [0.717, 1.165) is 16.4 Å². The fraction of sp³-hybridized carbons (Fsp3) is 0.486. The van der Waals surface area contributed by atoms with Crippen LogP contribution in [0.5, 0.6) is 6.01 Å². The van der Waals surface area contributed by atoms with Gasteiger partial charge in [0.2, 0.25) is 0 Å². The molecule has 0 aliphatic carbocycles. The molecule has 2 aromatic carbocycles. The Balaban J connectivity index is 1.24. The quantitative estimate of drug-likeness (QED) is 0.187. The van der Waals surface area contributed by atoms with Crippen LogP contribution in [-0.4, -0.2) is 86.2 Å². The summed E-state index contributed by atoms with van der Waals surface area (Å²) in [5, 5.41) is 0.754. The minimum atomic E-state index is -3.52. The zero-order chi connectivity index (χ0) is 35.5. The van der Waals surface area contributed by atoms with Crippen LogP contribution in [0.1, 0.15) is 64.7 Å². The predicted octanol–water partition coefficient (Wildman–Crippen LogP) is 6.20. The Morgan fingerprint density at radius 2 is 1.78 bits per heavy atom. The number of nitrogens with zero attached hydrogens (tertiary/aromatic N) is 6. The Labute approximate surface area is 292 Å². The first-order chi connectivity index (χ1) is 24.4. The molecule has 2 saturated heterocycles. The average molecular weight is 703 g/mol. The van der Waals surface area contributed by atoms with Crippen molar-refractivity contribution in [3.63, 3.8) is 0 Å². The Morgan fingerprint density at radius 3 is 2.59 bits per heavy atom. The molecule has 0 N–H and O–H groups in total. The van der Waals surface area contributed by atoms with Gasteiger partial charge in [-0.1, -0.05) is 24.3 Å². The molecule has 0 saturated carbocycles. The number of amides is 1. The number of piperidine rings is 1. The topological polar surface area (TPSA) is 125 Å². The van der Waals surface area contributed by atoms with Gasteiger partial charge in [0.05, 0.1) is 17.6 Å². The summed E-state index contributed by atoms with van der Waals surface area (Å²) in [5.74, 6) is -4.44. The second-order valence-corrected chi connectivity index (χ2v) is 14.6. The van der Waals surface area contributed by atoms with Gasteiger partial charge in [-0.3, -0.25) is 9.36 Å². The molecule has 4 aliphatic rings. The van der Waals surface area contributed by atoms with Gasteiger partial charge in [0.25, 0.3) is 11.9 Å². The minimum absolute atomic E-state index is 0.0234. The van der Waals surface area contributed by atoms with Gasteiger partial charge < -0.3 is 28.4 Å². The van der Waals surface area contributed by atoms with Gasteiger partial charge in [-0.05, 0) is 64.3 Å². The smallest absolute Gasteiger partial charge is 0.329 e. The number of aromatic nitrogens is 4. The number of para-hydroxylation sites is 3. The number of ether oxygens (including phenoxy) is 3. The van der Waals surface area contributed by atoms with E-state index < -0.39 is 42.0 Å². The molecule has 51 heavy (non-hydrogen) atoms. The maximum absolute atomic E-state index is 15.2. The Hall–Kier alpha value is -4.85. The number of carbonyl (C=O) groups is 2. The normalized spacial score (nSPS) is 22.0. The molecule has 12 nitrogen and oxygen atoms in total. The van der Waals surface area contributed by atoms with Crippen LogP contribution in [0.25, 0.3) is 33.1 Å². The Kier molecular flexibility index (Phi) is 8.31. The first-order valence-electron chi connectivity index (χ1n) is 17.5. The highest BCUT2D eigenvalue weighted by Gasteiger charge is 2.45. The Morgan fingerprint density at radius 1 is 1.02 bits per heavy atom. The summed E-state index contributed by atoms with van der Waals surface area (Å²) in [4.78, 5) is 44.5. The van der Waals surface area contributed by atoms with Crippen LogP contribution in [0.3, 0.4) is 0 Å². The molecular formula is C37H40F2N6O6. The molecule has 4 aliphatic heterocycles. The molecule has 0 unspecified atom stereocenters. The Bertz CT molecular complexity index is 2120. The molecule has 2 atom stereocenters. The molecular weight excluding hydrogens is 662 g/mol. The van der Waals surface area contributed by atoms with Gasteiger partial charge in [0.15, 0.2) is 17.2 Å². The van der Waals surface area contributed by atoms with Crippen LogP contribution in [0.2, 0.25) is 0 Å². The van der Waals surface area contributed by atoms with Crippen molar-refractivity contribution in [3.8, 4) is 6.01 Å². The number of halogens is 2. The monoisotopic (exact) mass is 702 g/mol. The highest BCUT2D eigenvalue weighted by molar-refractivity contribution is 6.06. The average Bonchev–Trinajstić information content (AvgIpc) is 3.80. The minimum Gasteiger partial charge on any atom is -0.459 e. The summed E-state index contributed by atoms with van der Waals surface area (Å²) in [7, 11) is 0. The van der Waals surface area contributed by atoms with Crippen LogP contribution in [0.15, 0.2) is 52.9 Å². The van der Waals surface area contributed by atoms with Gasteiger partial charge in [0, 0.05) is 44.0 Å². The predicted molar refractivity (Wildman–Crippen MR) is 184 cm³/mol. The number of hydrogen-bond donors (Lipinski definition) is 0. The summed E-state index contributed by atoms with van der Waals surface area (Å²) in [6.07, 6.45) is -0.00918. The highest BCUT2D eigenvalue weighted by atomic mass is 19.3. The molecule has 268 valence electrons. The molecule has 7 heterocycles. The summed E-state index contributed by atoms with van der Waals surface area (Å²) < 4.78 is 57.1. The number of imidazole rings is 1. The standard InChI is InChI=1S/C37H40F2N6O6/c1-36(2,3)51-33(46)27-19-23-20-44(27)32-31-30(24-9-4-7-12-28(24)50-31)41-29(42-32)21-48-18-8-15-37(38,39)34(47)43-16-13-22(14-17-43)45-26-11-6-5-10-25(26)40-35(45)49-23/h4-7,9-12,22-23,27H,8,13-21H2,1-3H3/t23-,27-/m0/s1. The molecule has 6 bridgehead atoms. The third-order valence-corrected chi connectivity index (χ3v) is 9.74. The number of anilines is 1. The summed E-state index contributed by atoms with van der Waals surface area (Å²) >= 11 is 0. The maximum atomic E-state index is 15.2. The third kappa shape index (κ3) is 6.34. The second-order valence-electron chi connectivity index (χ2n) is 14.6. The number of esters is 1. The molecule has 0 spiro atoms. The molecule has 1 amide bonds. The number of alkyl halides is 2. The SMILES string of the molecule is CC(C)(C)OC(=O)[C@@H]1C[C@H]2CN1c1nc(nc3c1oc1ccccc13)COCCCC(F)(F)C(=O)N1CCC(CC1)n1c(nc3ccccc31)O2. The summed E-state index contributed by atoms with van der Waals surface area (Å²) in [6, 6.07) is 14.5. The van der Waals surface area contributed by atoms with E-state index in [-0.39, 0.29) is 51.7 Å². The lowest BCUT2D eigenvalue weighted by molar-refractivity contribution is -0.160. The van der Waals surface area contributed by atoms with Gasteiger partial charge in [0.1, 0.15) is 35.5 Å². The van der Waals surface area contributed by atoms with Gasteiger partial charge in [-0.2, -0.15) is 13.8 Å². The maximum Gasteiger partial charge on any atom is 0.329 e. The number of furan rings is 1. The molecule has 3 aromatic heterocycles. The van der Waals surface area contributed by atoms with E-state index in [4.69, 9.17) is 33.6 Å². The van der Waals surface area contributed by atoms with Gasteiger partial charge >= 0.3 is 11.9 Å². The fourth-order valence-corrected chi connectivity index (χ4v) is 7.42. The van der Waals surface area contributed by atoms with E-state index in [0.29, 0.717) is 47.2 Å². The number of carbonyl (C=O) groups excluding carboxylic acids is 2. The van der Waals surface area contributed by atoms with Crippen molar-refractivity contribution in [2.24, 2.45) is 0 Å². The third-order valence-electron chi connectivity index (χ3n) is 9.74. The molecule has 5 aromatic rings. The van der Waals surface area contributed by atoms with Crippen molar-refractivity contribution in [1.82, 2.24) is 24.4 Å². The van der Waals surface area contributed by atoms with E-state index >= 15 is 8.78 Å². The number of hydrogen-bond acceptors (Lipinski definition) is 10. The zero-order valence-electron chi connectivity index (χ0n) is 28.8.